The quantitative estimate of drug-likeness (QED) is 0.680. The van der Waals surface area contributed by atoms with Gasteiger partial charge in [0, 0.05) is 0 Å². The Bertz CT molecular complexity index is 605. The highest BCUT2D eigenvalue weighted by Crippen LogP contribution is 2.25. The van der Waals surface area contributed by atoms with Crippen molar-refractivity contribution in [3.8, 4) is 11.5 Å². The van der Waals surface area contributed by atoms with Crippen molar-refractivity contribution in [2.24, 2.45) is 0 Å². The number of aromatic hydroxyl groups is 2. The van der Waals surface area contributed by atoms with Crippen LogP contribution >= 0.6 is 0 Å². The highest BCUT2D eigenvalue weighted by Gasteiger charge is 2.05. The summed E-state index contributed by atoms with van der Waals surface area (Å²) in [4.78, 5) is 0. The van der Waals surface area contributed by atoms with Gasteiger partial charge in [-0.25, -0.2) is 0 Å². The maximum Gasteiger partial charge on any atom is 0.157 e. The van der Waals surface area contributed by atoms with Crippen LogP contribution in [0.15, 0.2) is 54.6 Å². The number of allylic oxidation sites excluding steroid dienone is 1. The van der Waals surface area contributed by atoms with Gasteiger partial charge in [0.05, 0.1) is 6.10 Å². The van der Waals surface area contributed by atoms with Crippen LogP contribution in [0.5, 0.6) is 11.5 Å². The molecular formula is C19H22O3. The number of aliphatic hydroxyl groups excluding tert-OH is 1. The number of aryl methyl sites for hydroxylation is 1. The van der Waals surface area contributed by atoms with Gasteiger partial charge < -0.3 is 15.3 Å². The molecule has 1 unspecified atom stereocenters. The molecule has 0 aliphatic carbocycles. The fourth-order valence-electron chi connectivity index (χ4n) is 2.27. The molecule has 0 aliphatic rings. The Kier molecular flexibility index (Phi) is 6.04. The van der Waals surface area contributed by atoms with E-state index in [1.165, 1.54) is 12.1 Å². The zero-order valence-electron chi connectivity index (χ0n) is 12.5. The minimum Gasteiger partial charge on any atom is -0.504 e. The first-order valence-corrected chi connectivity index (χ1v) is 7.55. The molecule has 0 aliphatic heterocycles. The number of phenolic OH excluding ortho intramolecular Hbond substituents is 2. The molecule has 2 aromatic carbocycles. The van der Waals surface area contributed by atoms with Crippen LogP contribution in [-0.4, -0.2) is 21.4 Å². The summed E-state index contributed by atoms with van der Waals surface area (Å²) in [5, 5.41) is 28.7. The summed E-state index contributed by atoms with van der Waals surface area (Å²) < 4.78 is 0. The summed E-state index contributed by atoms with van der Waals surface area (Å²) in [7, 11) is 0. The van der Waals surface area contributed by atoms with Crippen molar-refractivity contribution < 1.29 is 15.3 Å². The van der Waals surface area contributed by atoms with Crippen LogP contribution < -0.4 is 0 Å². The predicted octanol–water partition coefficient (Wildman–Crippen LogP) is 3.88. The van der Waals surface area contributed by atoms with Crippen molar-refractivity contribution in [2.75, 3.05) is 0 Å². The predicted molar refractivity (Wildman–Crippen MR) is 88.8 cm³/mol. The molecule has 0 spiro atoms. The molecule has 0 saturated carbocycles. The van der Waals surface area contributed by atoms with Crippen molar-refractivity contribution in [3.05, 3.63) is 65.7 Å². The summed E-state index contributed by atoms with van der Waals surface area (Å²) in [5.41, 5.74) is 2.07. The Morgan fingerprint density at radius 1 is 0.909 bits per heavy atom. The van der Waals surface area contributed by atoms with E-state index in [1.807, 2.05) is 30.3 Å². The molecule has 3 nitrogen and oxygen atoms in total. The van der Waals surface area contributed by atoms with Crippen molar-refractivity contribution in [1.29, 1.82) is 0 Å². The second kappa shape index (κ2) is 8.25. The van der Waals surface area contributed by atoms with E-state index in [1.54, 1.807) is 6.07 Å². The van der Waals surface area contributed by atoms with Gasteiger partial charge in [-0.3, -0.25) is 0 Å². The molecule has 0 fully saturated rings. The molecule has 116 valence electrons. The Balaban J connectivity index is 1.70. The number of aliphatic hydroxyl groups is 1. The molecule has 1 atom stereocenters. The lowest BCUT2D eigenvalue weighted by molar-refractivity contribution is 0.156. The van der Waals surface area contributed by atoms with Crippen molar-refractivity contribution in [3.63, 3.8) is 0 Å². The average molecular weight is 298 g/mol. The van der Waals surface area contributed by atoms with Crippen LogP contribution in [0, 0.1) is 0 Å². The van der Waals surface area contributed by atoms with Gasteiger partial charge >= 0.3 is 0 Å². The van der Waals surface area contributed by atoms with Gasteiger partial charge in [-0.05, 0) is 48.9 Å². The van der Waals surface area contributed by atoms with Crippen LogP contribution in [0.1, 0.15) is 30.4 Å². The molecule has 0 bridgehead atoms. The first-order chi connectivity index (χ1) is 10.6. The number of phenols is 2. The van der Waals surface area contributed by atoms with E-state index < -0.39 is 0 Å². The standard InChI is InChI=1S/C19H22O3/c20-17(9-5-4-8-15-6-2-1-3-7-15)12-10-16-11-13-18(21)19(22)14-16/h1-4,6-8,11,13-14,17,20-22H,5,9-10,12H2/b8-4+. The SMILES string of the molecule is Oc1ccc(CCC(O)CC/C=C/c2ccccc2)cc1O. The average Bonchev–Trinajstić information content (AvgIpc) is 2.54. The van der Waals surface area contributed by atoms with Crippen LogP contribution in [0.2, 0.25) is 0 Å². The minimum atomic E-state index is -0.364. The van der Waals surface area contributed by atoms with E-state index in [0.717, 1.165) is 17.5 Å². The van der Waals surface area contributed by atoms with Gasteiger partial charge in [-0.2, -0.15) is 0 Å². The molecule has 0 radical (unpaired) electrons. The summed E-state index contributed by atoms with van der Waals surface area (Å²) in [6, 6.07) is 14.9. The van der Waals surface area contributed by atoms with Crippen molar-refractivity contribution in [1.82, 2.24) is 0 Å². The van der Waals surface area contributed by atoms with E-state index in [4.69, 9.17) is 0 Å². The van der Waals surface area contributed by atoms with Crippen LogP contribution in [0.3, 0.4) is 0 Å². The first-order valence-electron chi connectivity index (χ1n) is 7.55. The number of hydrogen-bond donors (Lipinski definition) is 3. The second-order valence-corrected chi connectivity index (χ2v) is 5.41. The Labute approximate surface area is 131 Å². The third-order valence-corrected chi connectivity index (χ3v) is 3.58. The van der Waals surface area contributed by atoms with Gasteiger partial charge in [0.15, 0.2) is 11.5 Å². The number of benzene rings is 2. The Morgan fingerprint density at radius 2 is 1.68 bits per heavy atom. The Morgan fingerprint density at radius 3 is 2.41 bits per heavy atom. The van der Waals surface area contributed by atoms with Crippen molar-refractivity contribution in [2.45, 2.75) is 31.8 Å². The minimum absolute atomic E-state index is 0.113. The third-order valence-electron chi connectivity index (χ3n) is 3.58. The van der Waals surface area contributed by atoms with E-state index in [9.17, 15) is 15.3 Å². The van der Waals surface area contributed by atoms with E-state index in [2.05, 4.69) is 12.2 Å². The molecule has 3 heteroatoms. The lowest BCUT2D eigenvalue weighted by atomic mass is 10.0. The molecule has 0 aromatic heterocycles. The van der Waals surface area contributed by atoms with Gasteiger partial charge in [0.2, 0.25) is 0 Å². The first kappa shape index (κ1) is 16.1. The monoisotopic (exact) mass is 298 g/mol. The largest absolute Gasteiger partial charge is 0.504 e. The normalized spacial score (nSPS) is 12.6. The second-order valence-electron chi connectivity index (χ2n) is 5.41. The number of hydrogen-bond acceptors (Lipinski definition) is 3. The summed E-state index contributed by atoms with van der Waals surface area (Å²) >= 11 is 0. The zero-order chi connectivity index (χ0) is 15.8. The highest BCUT2D eigenvalue weighted by molar-refractivity contribution is 5.48. The molecule has 0 amide bonds. The summed E-state index contributed by atoms with van der Waals surface area (Å²) in [6.45, 7) is 0. The fraction of sp³-hybridized carbons (Fsp3) is 0.263. The van der Waals surface area contributed by atoms with E-state index >= 15 is 0 Å². The smallest absolute Gasteiger partial charge is 0.157 e. The Hall–Kier alpha value is -2.26. The van der Waals surface area contributed by atoms with Gasteiger partial charge in [0.25, 0.3) is 0 Å². The highest BCUT2D eigenvalue weighted by atomic mass is 16.3. The maximum absolute atomic E-state index is 9.99. The summed E-state index contributed by atoms with van der Waals surface area (Å²) in [6.07, 6.45) is 6.64. The van der Waals surface area contributed by atoms with Crippen LogP contribution in [0.25, 0.3) is 6.08 Å². The maximum atomic E-state index is 9.99. The van der Waals surface area contributed by atoms with Gasteiger partial charge in [-0.1, -0.05) is 48.6 Å². The lowest BCUT2D eigenvalue weighted by Crippen LogP contribution is -2.07. The van der Waals surface area contributed by atoms with Crippen LogP contribution in [-0.2, 0) is 6.42 Å². The third kappa shape index (κ3) is 5.26. The molecule has 22 heavy (non-hydrogen) atoms. The van der Waals surface area contributed by atoms with Gasteiger partial charge in [-0.15, -0.1) is 0 Å². The molecule has 2 aromatic rings. The van der Waals surface area contributed by atoms with Crippen LogP contribution in [0.4, 0.5) is 0 Å². The molecule has 0 heterocycles. The molecule has 2 rings (SSSR count). The van der Waals surface area contributed by atoms with E-state index in [-0.39, 0.29) is 17.6 Å². The molecule has 3 N–H and O–H groups in total. The number of rotatable bonds is 7. The fourth-order valence-corrected chi connectivity index (χ4v) is 2.27. The van der Waals surface area contributed by atoms with Crippen molar-refractivity contribution >= 4 is 6.08 Å². The van der Waals surface area contributed by atoms with E-state index in [0.29, 0.717) is 19.3 Å². The lowest BCUT2D eigenvalue weighted by Gasteiger charge is -2.09. The topological polar surface area (TPSA) is 60.7 Å². The zero-order valence-corrected chi connectivity index (χ0v) is 12.5. The molecular weight excluding hydrogens is 276 g/mol. The van der Waals surface area contributed by atoms with Gasteiger partial charge in [0.1, 0.15) is 0 Å². The molecule has 0 saturated heterocycles. The summed E-state index contributed by atoms with van der Waals surface area (Å²) in [5.74, 6) is -0.229.